The maximum atomic E-state index is 12.6. The Hall–Kier alpha value is -1.62. The second kappa shape index (κ2) is 7.58. The Morgan fingerprint density at radius 1 is 1.45 bits per heavy atom. The fourth-order valence-electron chi connectivity index (χ4n) is 2.92. The van der Waals surface area contributed by atoms with Crippen molar-refractivity contribution < 1.29 is 14.6 Å². The molecule has 1 heterocycles. The lowest BCUT2D eigenvalue weighted by atomic mass is 9.86. The van der Waals surface area contributed by atoms with Crippen molar-refractivity contribution in [3.05, 3.63) is 24.0 Å². The van der Waals surface area contributed by atoms with E-state index in [0.717, 1.165) is 25.7 Å². The Labute approximate surface area is 132 Å². The zero-order valence-electron chi connectivity index (χ0n) is 13.7. The zero-order valence-corrected chi connectivity index (χ0v) is 13.7. The van der Waals surface area contributed by atoms with E-state index in [0.29, 0.717) is 18.0 Å². The standard InChI is InChI=1S/C17H26N2O3/c1-12(2)22-15-9-6-10-18-16(15)17(21)19(3)11-13-7-4-5-8-14(13)20/h6,9-10,12-14,20H,4-5,7-8,11H2,1-3H3. The fraction of sp³-hybridized carbons (Fsp3) is 0.647. The Kier molecular flexibility index (Phi) is 5.77. The van der Waals surface area contributed by atoms with E-state index < -0.39 is 0 Å². The third-order valence-electron chi connectivity index (χ3n) is 4.06. The van der Waals surface area contributed by atoms with Crippen molar-refractivity contribution in [1.29, 1.82) is 0 Å². The van der Waals surface area contributed by atoms with Crippen molar-refractivity contribution >= 4 is 5.91 Å². The molecule has 122 valence electrons. The molecule has 2 atom stereocenters. The molecule has 1 N–H and O–H groups in total. The number of aliphatic hydroxyl groups is 1. The summed E-state index contributed by atoms with van der Waals surface area (Å²) in [5, 5.41) is 10.1. The van der Waals surface area contributed by atoms with Gasteiger partial charge in [0.2, 0.25) is 0 Å². The summed E-state index contributed by atoms with van der Waals surface area (Å²) in [6.45, 7) is 4.39. The van der Waals surface area contributed by atoms with Gasteiger partial charge in [-0.2, -0.15) is 0 Å². The van der Waals surface area contributed by atoms with Gasteiger partial charge in [-0.05, 0) is 38.8 Å². The third kappa shape index (κ3) is 4.19. The van der Waals surface area contributed by atoms with Crippen molar-refractivity contribution in [3.63, 3.8) is 0 Å². The predicted octanol–water partition coefficient (Wildman–Crippen LogP) is 2.49. The SMILES string of the molecule is CC(C)Oc1cccnc1C(=O)N(C)CC1CCCCC1O. The average Bonchev–Trinajstić information content (AvgIpc) is 2.49. The Morgan fingerprint density at radius 3 is 2.86 bits per heavy atom. The number of aromatic nitrogens is 1. The molecular formula is C17H26N2O3. The lowest BCUT2D eigenvalue weighted by molar-refractivity contribution is 0.0446. The minimum absolute atomic E-state index is 0.0128. The van der Waals surface area contributed by atoms with Crippen LogP contribution in [0.15, 0.2) is 18.3 Å². The van der Waals surface area contributed by atoms with Crippen molar-refractivity contribution in [1.82, 2.24) is 9.88 Å². The van der Waals surface area contributed by atoms with Crippen LogP contribution < -0.4 is 4.74 Å². The molecule has 1 aromatic heterocycles. The van der Waals surface area contributed by atoms with Crippen LogP contribution in [0.5, 0.6) is 5.75 Å². The van der Waals surface area contributed by atoms with Gasteiger partial charge in [-0.15, -0.1) is 0 Å². The molecule has 0 spiro atoms. The van der Waals surface area contributed by atoms with E-state index >= 15 is 0 Å². The summed E-state index contributed by atoms with van der Waals surface area (Å²) in [6.07, 6.45) is 5.27. The molecule has 1 fully saturated rings. The first kappa shape index (κ1) is 16.7. The first-order valence-electron chi connectivity index (χ1n) is 8.04. The number of carbonyl (C=O) groups excluding carboxylic acids is 1. The number of hydrogen-bond donors (Lipinski definition) is 1. The highest BCUT2D eigenvalue weighted by molar-refractivity contribution is 5.94. The molecule has 0 aliphatic heterocycles. The molecule has 0 aromatic carbocycles. The molecule has 0 bridgehead atoms. The minimum atomic E-state index is -0.306. The van der Waals surface area contributed by atoms with Gasteiger partial charge < -0.3 is 14.7 Å². The van der Waals surface area contributed by atoms with Gasteiger partial charge in [0.1, 0.15) is 0 Å². The summed E-state index contributed by atoms with van der Waals surface area (Å²) in [6, 6.07) is 3.53. The smallest absolute Gasteiger partial charge is 0.276 e. The minimum Gasteiger partial charge on any atom is -0.489 e. The fourth-order valence-corrected chi connectivity index (χ4v) is 2.92. The number of hydrogen-bond acceptors (Lipinski definition) is 4. The van der Waals surface area contributed by atoms with Gasteiger partial charge in [-0.3, -0.25) is 4.79 Å². The maximum Gasteiger partial charge on any atom is 0.276 e. The number of ether oxygens (including phenoxy) is 1. The summed E-state index contributed by atoms with van der Waals surface area (Å²) < 4.78 is 5.67. The summed E-state index contributed by atoms with van der Waals surface area (Å²) in [4.78, 5) is 18.5. The van der Waals surface area contributed by atoms with Gasteiger partial charge in [0.05, 0.1) is 12.2 Å². The van der Waals surface area contributed by atoms with Crippen LogP contribution >= 0.6 is 0 Å². The van der Waals surface area contributed by atoms with Crippen LogP contribution in [0.1, 0.15) is 50.0 Å². The summed E-state index contributed by atoms with van der Waals surface area (Å²) in [5.41, 5.74) is 0.337. The lowest BCUT2D eigenvalue weighted by Gasteiger charge is -2.31. The molecule has 1 aromatic rings. The van der Waals surface area contributed by atoms with Crippen LogP contribution in [0.3, 0.4) is 0 Å². The monoisotopic (exact) mass is 306 g/mol. The Bertz CT molecular complexity index is 504. The largest absolute Gasteiger partial charge is 0.489 e. The van der Waals surface area contributed by atoms with Crippen molar-refractivity contribution in [2.75, 3.05) is 13.6 Å². The van der Waals surface area contributed by atoms with Gasteiger partial charge in [0.25, 0.3) is 5.91 Å². The molecule has 5 nitrogen and oxygen atoms in total. The molecule has 1 amide bonds. The second-order valence-corrected chi connectivity index (χ2v) is 6.31. The lowest BCUT2D eigenvalue weighted by Crippen LogP contribution is -2.38. The molecule has 0 saturated heterocycles. The van der Waals surface area contributed by atoms with Crippen LogP contribution in [-0.2, 0) is 0 Å². The highest BCUT2D eigenvalue weighted by atomic mass is 16.5. The van der Waals surface area contributed by atoms with Gasteiger partial charge in [0, 0.05) is 25.7 Å². The summed E-state index contributed by atoms with van der Waals surface area (Å²) >= 11 is 0. The van der Waals surface area contributed by atoms with Gasteiger partial charge in [0.15, 0.2) is 11.4 Å². The first-order chi connectivity index (χ1) is 10.5. The van der Waals surface area contributed by atoms with E-state index in [2.05, 4.69) is 4.98 Å². The molecule has 1 saturated carbocycles. The zero-order chi connectivity index (χ0) is 16.1. The molecule has 2 unspecified atom stereocenters. The molecule has 0 radical (unpaired) electrons. The topological polar surface area (TPSA) is 62.7 Å². The highest BCUT2D eigenvalue weighted by Crippen LogP contribution is 2.26. The molecule has 5 heteroatoms. The van der Waals surface area contributed by atoms with Crippen molar-refractivity contribution in [3.8, 4) is 5.75 Å². The highest BCUT2D eigenvalue weighted by Gasteiger charge is 2.27. The maximum absolute atomic E-state index is 12.6. The van der Waals surface area contributed by atoms with Crippen LogP contribution in [0.4, 0.5) is 0 Å². The number of aliphatic hydroxyl groups excluding tert-OH is 1. The van der Waals surface area contributed by atoms with Crippen molar-refractivity contribution in [2.45, 2.75) is 51.7 Å². The quantitative estimate of drug-likeness (QED) is 0.908. The predicted molar refractivity (Wildman–Crippen MR) is 84.9 cm³/mol. The van der Waals surface area contributed by atoms with E-state index in [-0.39, 0.29) is 24.0 Å². The molecular weight excluding hydrogens is 280 g/mol. The summed E-state index contributed by atoms with van der Waals surface area (Å²) in [7, 11) is 1.76. The van der Waals surface area contributed by atoms with Gasteiger partial charge in [-0.1, -0.05) is 12.8 Å². The van der Waals surface area contributed by atoms with E-state index in [1.54, 1.807) is 30.3 Å². The van der Waals surface area contributed by atoms with Crippen LogP contribution in [0.25, 0.3) is 0 Å². The molecule has 22 heavy (non-hydrogen) atoms. The average molecular weight is 306 g/mol. The first-order valence-corrected chi connectivity index (χ1v) is 8.04. The van der Waals surface area contributed by atoms with E-state index in [9.17, 15) is 9.90 Å². The van der Waals surface area contributed by atoms with Crippen LogP contribution in [0.2, 0.25) is 0 Å². The van der Waals surface area contributed by atoms with Gasteiger partial charge in [-0.25, -0.2) is 4.98 Å². The van der Waals surface area contributed by atoms with E-state index in [1.165, 1.54) is 0 Å². The van der Waals surface area contributed by atoms with E-state index in [1.807, 2.05) is 13.8 Å². The molecule has 1 aliphatic carbocycles. The molecule has 1 aliphatic rings. The number of nitrogens with zero attached hydrogens (tertiary/aromatic N) is 2. The number of carbonyl (C=O) groups is 1. The number of pyridine rings is 1. The van der Waals surface area contributed by atoms with E-state index in [4.69, 9.17) is 4.74 Å². The number of rotatable bonds is 5. The van der Waals surface area contributed by atoms with Crippen LogP contribution in [0, 0.1) is 5.92 Å². The molecule has 2 rings (SSSR count). The Morgan fingerprint density at radius 2 is 2.18 bits per heavy atom. The van der Waals surface area contributed by atoms with Crippen LogP contribution in [-0.4, -0.2) is 46.7 Å². The summed E-state index contributed by atoms with van der Waals surface area (Å²) in [5.74, 6) is 0.508. The normalized spacial score (nSPS) is 21.7. The number of amides is 1. The van der Waals surface area contributed by atoms with Crippen molar-refractivity contribution in [2.24, 2.45) is 5.92 Å². The second-order valence-electron chi connectivity index (χ2n) is 6.31. The Balaban J connectivity index is 2.07. The van der Waals surface area contributed by atoms with Gasteiger partial charge >= 0.3 is 0 Å². The third-order valence-corrected chi connectivity index (χ3v) is 4.06.